The van der Waals surface area contributed by atoms with Gasteiger partial charge in [0.25, 0.3) is 0 Å². The van der Waals surface area contributed by atoms with Crippen molar-refractivity contribution in [3.8, 4) is 0 Å². The number of hydrogen-bond acceptors (Lipinski definition) is 2. The van der Waals surface area contributed by atoms with Crippen LogP contribution in [0.4, 0.5) is 0 Å². The lowest BCUT2D eigenvalue weighted by atomic mass is 10.1. The Bertz CT molecular complexity index is 695. The molecule has 0 radical (unpaired) electrons. The average Bonchev–Trinajstić information content (AvgIpc) is 2.87. The van der Waals surface area contributed by atoms with Crippen molar-refractivity contribution in [3.05, 3.63) is 82.4 Å². The van der Waals surface area contributed by atoms with Crippen molar-refractivity contribution in [1.82, 2.24) is 4.90 Å². The number of hydrogen-bond donors (Lipinski definition) is 0. The van der Waals surface area contributed by atoms with E-state index in [0.717, 1.165) is 0 Å². The van der Waals surface area contributed by atoms with Crippen LogP contribution >= 0.6 is 11.8 Å². The zero-order valence-electron chi connectivity index (χ0n) is 12.6. The van der Waals surface area contributed by atoms with Gasteiger partial charge < -0.3 is 4.90 Å². The van der Waals surface area contributed by atoms with Crippen LogP contribution < -0.4 is 0 Å². The first kappa shape index (κ1) is 14.0. The second-order valence-electron chi connectivity index (χ2n) is 5.38. The summed E-state index contributed by atoms with van der Waals surface area (Å²) in [5.74, 6) is 0. The van der Waals surface area contributed by atoms with E-state index >= 15 is 0 Å². The van der Waals surface area contributed by atoms with Crippen LogP contribution in [0.25, 0.3) is 10.6 Å². The topological polar surface area (TPSA) is 3.24 Å². The van der Waals surface area contributed by atoms with E-state index < -0.39 is 0 Å². The van der Waals surface area contributed by atoms with Gasteiger partial charge in [0.2, 0.25) is 0 Å². The van der Waals surface area contributed by atoms with Gasteiger partial charge in [-0.1, -0.05) is 72.4 Å². The lowest BCUT2D eigenvalue weighted by molar-refractivity contribution is 0.641. The number of allylic oxidation sites excluding steroid dienone is 1. The van der Waals surface area contributed by atoms with Crippen LogP contribution in [0.3, 0.4) is 0 Å². The van der Waals surface area contributed by atoms with Gasteiger partial charge in [-0.15, -0.1) is 0 Å². The molecule has 0 N–H and O–H groups in total. The van der Waals surface area contributed by atoms with Crippen molar-refractivity contribution < 1.29 is 0 Å². The fourth-order valence-corrected chi connectivity index (χ4v) is 3.84. The summed E-state index contributed by atoms with van der Waals surface area (Å²) < 4.78 is 0. The summed E-state index contributed by atoms with van der Waals surface area (Å²) in [6, 6.07) is 21.3. The summed E-state index contributed by atoms with van der Waals surface area (Å²) >= 11 is 1.87. The molecule has 0 fully saturated rings. The maximum atomic E-state index is 2.32. The highest BCUT2D eigenvalue weighted by molar-refractivity contribution is 8.12. The van der Waals surface area contributed by atoms with Crippen molar-refractivity contribution >= 4 is 22.4 Å². The molecule has 0 saturated heterocycles. The van der Waals surface area contributed by atoms with Crippen molar-refractivity contribution in [1.29, 1.82) is 0 Å². The van der Waals surface area contributed by atoms with Gasteiger partial charge in [-0.25, -0.2) is 0 Å². The normalized spacial score (nSPS) is 14.8. The van der Waals surface area contributed by atoms with Crippen molar-refractivity contribution in [2.45, 2.75) is 13.8 Å². The van der Waals surface area contributed by atoms with Gasteiger partial charge >= 0.3 is 0 Å². The van der Waals surface area contributed by atoms with E-state index in [2.05, 4.69) is 86.5 Å². The molecule has 0 bridgehead atoms. The summed E-state index contributed by atoms with van der Waals surface area (Å²) in [7, 11) is 2.16. The quantitative estimate of drug-likeness (QED) is 0.725. The van der Waals surface area contributed by atoms with Crippen LogP contribution in [0.2, 0.25) is 0 Å². The SMILES string of the molecule is CC(C)=C1SC(c2ccccc2)=C(c2ccccc2)N1C. The summed E-state index contributed by atoms with van der Waals surface area (Å²) in [5, 5.41) is 1.33. The van der Waals surface area contributed by atoms with Crippen molar-refractivity contribution in [2.24, 2.45) is 0 Å². The summed E-state index contributed by atoms with van der Waals surface area (Å²) in [6.07, 6.45) is 0. The molecular formula is C19H19NS. The molecule has 106 valence electrons. The van der Waals surface area contributed by atoms with Gasteiger partial charge in [0.15, 0.2) is 0 Å². The van der Waals surface area contributed by atoms with Crippen molar-refractivity contribution in [3.63, 3.8) is 0 Å². The average molecular weight is 293 g/mol. The van der Waals surface area contributed by atoms with E-state index in [0.29, 0.717) is 0 Å². The molecule has 0 amide bonds. The Morgan fingerprint density at radius 1 is 0.810 bits per heavy atom. The van der Waals surface area contributed by atoms with Gasteiger partial charge in [-0.05, 0) is 30.5 Å². The number of nitrogens with zero attached hydrogens (tertiary/aromatic N) is 1. The number of thioether (sulfide) groups is 1. The molecular weight excluding hydrogens is 274 g/mol. The Kier molecular flexibility index (Phi) is 3.89. The molecule has 1 aliphatic rings. The van der Waals surface area contributed by atoms with Gasteiger partial charge in [0.05, 0.1) is 10.7 Å². The minimum Gasteiger partial charge on any atom is -0.338 e. The van der Waals surface area contributed by atoms with Crippen LogP contribution in [0.1, 0.15) is 25.0 Å². The minimum atomic E-state index is 1.27. The van der Waals surface area contributed by atoms with Gasteiger partial charge in [-0.2, -0.15) is 0 Å². The summed E-state index contributed by atoms with van der Waals surface area (Å²) in [4.78, 5) is 3.65. The van der Waals surface area contributed by atoms with Crippen LogP contribution in [-0.4, -0.2) is 11.9 Å². The Balaban J connectivity index is 2.19. The first-order valence-electron chi connectivity index (χ1n) is 7.12. The molecule has 2 heteroatoms. The second kappa shape index (κ2) is 5.82. The van der Waals surface area contributed by atoms with E-state index in [4.69, 9.17) is 0 Å². The van der Waals surface area contributed by atoms with Crippen LogP contribution in [0, 0.1) is 0 Å². The van der Waals surface area contributed by atoms with Crippen LogP contribution in [0.5, 0.6) is 0 Å². The number of rotatable bonds is 2. The molecule has 0 aliphatic carbocycles. The van der Waals surface area contributed by atoms with Gasteiger partial charge in [-0.3, -0.25) is 0 Å². The largest absolute Gasteiger partial charge is 0.338 e. The Labute approximate surface area is 131 Å². The highest BCUT2D eigenvalue weighted by atomic mass is 32.2. The molecule has 0 atom stereocenters. The zero-order valence-corrected chi connectivity index (χ0v) is 13.4. The van der Waals surface area contributed by atoms with E-state index in [1.807, 2.05) is 11.8 Å². The predicted molar refractivity (Wildman–Crippen MR) is 93.4 cm³/mol. The predicted octanol–water partition coefficient (Wildman–Crippen LogP) is 5.44. The molecule has 0 spiro atoms. The first-order valence-corrected chi connectivity index (χ1v) is 7.94. The van der Waals surface area contributed by atoms with Gasteiger partial charge in [0.1, 0.15) is 0 Å². The lowest BCUT2D eigenvalue weighted by Gasteiger charge is -2.19. The van der Waals surface area contributed by atoms with E-state index in [9.17, 15) is 0 Å². The molecule has 0 saturated carbocycles. The molecule has 2 aromatic rings. The fourth-order valence-electron chi connectivity index (χ4n) is 2.61. The van der Waals surface area contributed by atoms with Crippen molar-refractivity contribution in [2.75, 3.05) is 7.05 Å². The maximum Gasteiger partial charge on any atom is 0.0785 e. The third-order valence-electron chi connectivity index (χ3n) is 3.56. The summed E-state index contributed by atoms with van der Waals surface area (Å²) in [5.41, 5.74) is 5.19. The van der Waals surface area contributed by atoms with E-state index in [1.165, 1.54) is 32.3 Å². The van der Waals surface area contributed by atoms with E-state index in [-0.39, 0.29) is 0 Å². The zero-order chi connectivity index (χ0) is 14.8. The van der Waals surface area contributed by atoms with Crippen LogP contribution in [0.15, 0.2) is 71.3 Å². The highest BCUT2D eigenvalue weighted by Gasteiger charge is 2.27. The standard InChI is InChI=1S/C19H19NS/c1-14(2)19-20(3)17(15-10-6-4-7-11-15)18(21-19)16-12-8-5-9-13-16/h4-13H,1-3H3. The Hall–Kier alpha value is -1.93. The molecule has 21 heavy (non-hydrogen) atoms. The lowest BCUT2D eigenvalue weighted by Crippen LogP contribution is -2.11. The molecule has 2 aromatic carbocycles. The van der Waals surface area contributed by atoms with Gasteiger partial charge in [0, 0.05) is 12.0 Å². The summed E-state index contributed by atoms with van der Waals surface area (Å²) in [6.45, 7) is 4.35. The molecule has 1 aliphatic heterocycles. The first-order chi connectivity index (χ1) is 10.2. The molecule has 0 aromatic heterocycles. The minimum absolute atomic E-state index is 1.27. The second-order valence-corrected chi connectivity index (χ2v) is 6.38. The Morgan fingerprint density at radius 2 is 1.33 bits per heavy atom. The van der Waals surface area contributed by atoms with Crippen LogP contribution in [-0.2, 0) is 0 Å². The third-order valence-corrected chi connectivity index (χ3v) is 5.07. The molecule has 1 heterocycles. The molecule has 1 nitrogen and oxygen atoms in total. The van der Waals surface area contributed by atoms with E-state index in [1.54, 1.807) is 0 Å². The third kappa shape index (κ3) is 2.64. The smallest absolute Gasteiger partial charge is 0.0785 e. The molecule has 3 rings (SSSR count). The Morgan fingerprint density at radius 3 is 1.86 bits per heavy atom. The molecule has 0 unspecified atom stereocenters. The highest BCUT2D eigenvalue weighted by Crippen LogP contribution is 2.50. The number of benzene rings is 2. The maximum absolute atomic E-state index is 2.32. The monoisotopic (exact) mass is 293 g/mol. The fraction of sp³-hybridized carbons (Fsp3) is 0.158.